The molecule has 0 aliphatic rings. The van der Waals surface area contributed by atoms with Gasteiger partial charge in [0.15, 0.2) is 0 Å². The lowest BCUT2D eigenvalue weighted by Gasteiger charge is -1.82. The summed E-state index contributed by atoms with van der Waals surface area (Å²) < 4.78 is 0. The van der Waals surface area contributed by atoms with E-state index in [0.29, 0.717) is 5.82 Å². The highest BCUT2D eigenvalue weighted by Crippen LogP contribution is 1.91. The minimum Gasteiger partial charge on any atom is -0.265 e. The quantitative estimate of drug-likeness (QED) is 0.136. The first-order valence-electron chi connectivity index (χ1n) is 37.5. The van der Waals surface area contributed by atoms with Crippen LogP contribution in [0.15, 0.2) is 222 Å². The van der Waals surface area contributed by atoms with E-state index in [0.717, 1.165) is 51.1 Å². The zero-order valence-corrected chi connectivity index (χ0v) is 73.5. The van der Waals surface area contributed by atoms with Crippen molar-refractivity contribution in [1.82, 2.24) is 121 Å². The van der Waals surface area contributed by atoms with Crippen LogP contribution in [0.2, 0.25) is 0 Å². The lowest BCUT2D eigenvalue weighted by molar-refractivity contribution is 0.907. The Balaban J connectivity index is -0.0000000907. The van der Waals surface area contributed by atoms with Crippen molar-refractivity contribution in [3.05, 3.63) is 290 Å². The molecule has 0 spiro atoms. The topological polar surface area (TPSA) is 309 Å². The Labute approximate surface area is 656 Å². The van der Waals surface area contributed by atoms with Crippen molar-refractivity contribution in [2.75, 3.05) is 0 Å². The monoisotopic (exact) mass is 1490 g/mol. The molecule has 0 saturated heterocycles. The van der Waals surface area contributed by atoms with Crippen LogP contribution in [-0.2, 0) is 0 Å². The molecule has 0 aliphatic heterocycles. The molecule has 0 aromatic carbocycles. The summed E-state index contributed by atoms with van der Waals surface area (Å²) in [4.78, 5) is 53.7. The third-order valence-corrected chi connectivity index (χ3v) is 8.53. The van der Waals surface area contributed by atoms with Gasteiger partial charge in [-0.3, -0.25) is 24.9 Å². The number of aryl methyl sites for hydroxylation is 12. The Morgan fingerprint density at radius 1 is 0.167 bits per heavy atom. The summed E-state index contributed by atoms with van der Waals surface area (Å²) in [5.41, 5.74) is 10.5. The molecule has 0 aliphatic carbocycles. The molecule has 0 fully saturated rings. The summed E-state index contributed by atoms with van der Waals surface area (Å²) in [5, 5.41) is 36.0. The molecule has 0 bridgehead atoms. The minimum absolute atomic E-state index is 0.711. The Kier molecular flexibility index (Phi) is 137. The predicted molar refractivity (Wildman–Crippen MR) is 457 cm³/mol. The van der Waals surface area contributed by atoms with Crippen LogP contribution in [0.3, 0.4) is 0 Å². The van der Waals surface area contributed by atoms with Crippen molar-refractivity contribution in [3.8, 4) is 0 Å². The SMILES string of the molecule is CC.CC.CC.CC.CC.CC.CC.CC.CC.CC.CC.CC.Cc1ccccn1.Cc1cccnc1.Cc1cccnn1.Cc1ccncc1.Cc1ccncn1.Cc1ccnnc1.Cc1cnccn1.Cc1cncnc1.Cc1cncnn1.Cc1cnncn1.Cc1ncccn1.Cc1nccnn1. The van der Waals surface area contributed by atoms with E-state index in [2.05, 4.69) is 121 Å². The van der Waals surface area contributed by atoms with Crippen LogP contribution in [0, 0.1) is 83.1 Å². The Morgan fingerprint density at radius 3 is 0.824 bits per heavy atom. The first-order chi connectivity index (χ1) is 52.7. The van der Waals surface area contributed by atoms with E-state index >= 15 is 0 Å². The van der Waals surface area contributed by atoms with E-state index in [4.69, 9.17) is 0 Å². The van der Waals surface area contributed by atoms with Crippen molar-refractivity contribution in [3.63, 3.8) is 0 Å². The van der Waals surface area contributed by atoms with Crippen LogP contribution >= 0.6 is 0 Å². The largest absolute Gasteiger partial charge is 0.265 e. The summed E-state index contributed by atoms with van der Waals surface area (Å²) in [7, 11) is 0. The van der Waals surface area contributed by atoms with Crippen molar-refractivity contribution in [2.45, 2.75) is 249 Å². The molecule has 600 valence electrons. The van der Waals surface area contributed by atoms with Crippen molar-refractivity contribution in [2.24, 2.45) is 0 Å². The Hall–Kier alpha value is -11.0. The van der Waals surface area contributed by atoms with Crippen LogP contribution < -0.4 is 0 Å². The molecule has 24 heteroatoms. The van der Waals surface area contributed by atoms with Gasteiger partial charge in [-0.2, -0.15) is 35.7 Å². The van der Waals surface area contributed by atoms with Gasteiger partial charge < -0.3 is 0 Å². The fraction of sp³-hybridized carbons (Fsp3) is 0.429. The van der Waals surface area contributed by atoms with E-state index in [1.807, 2.05) is 315 Å². The van der Waals surface area contributed by atoms with E-state index < -0.39 is 0 Å². The first-order valence-corrected chi connectivity index (χ1v) is 37.5. The first kappa shape index (κ1) is 124. The van der Waals surface area contributed by atoms with E-state index in [1.54, 1.807) is 131 Å². The zero-order valence-electron chi connectivity index (χ0n) is 73.5. The molecule has 12 heterocycles. The zero-order chi connectivity index (χ0) is 85.4. The number of pyridine rings is 3. The van der Waals surface area contributed by atoms with E-state index in [-0.39, 0.29) is 0 Å². The molecule has 0 saturated carbocycles. The van der Waals surface area contributed by atoms with Crippen molar-refractivity contribution < 1.29 is 0 Å². The molecule has 0 amide bonds. The Bertz CT molecular complexity index is 2450. The van der Waals surface area contributed by atoms with Gasteiger partial charge in [0.1, 0.15) is 37.0 Å². The average molecular weight is 1490 g/mol. The summed E-state index contributed by atoms with van der Waals surface area (Å²) in [5.74, 6) is 1.53. The van der Waals surface area contributed by atoms with Gasteiger partial charge in [0.25, 0.3) is 0 Å². The molecule has 0 atom stereocenters. The normalized spacial score (nSPS) is 7.44. The average Bonchev–Trinajstić information content (AvgIpc) is 3.97. The fourth-order valence-corrected chi connectivity index (χ4v) is 4.46. The highest BCUT2D eigenvalue weighted by atomic mass is 15.1. The van der Waals surface area contributed by atoms with Gasteiger partial charge >= 0.3 is 0 Å². The summed E-state index contributed by atoms with van der Waals surface area (Å²) in [6, 6.07) is 23.1. The van der Waals surface area contributed by atoms with Gasteiger partial charge in [0.2, 0.25) is 0 Å². The van der Waals surface area contributed by atoms with Crippen molar-refractivity contribution in [1.29, 1.82) is 0 Å². The molecule has 12 aromatic rings. The number of rotatable bonds is 0. The van der Waals surface area contributed by atoms with Crippen LogP contribution in [0.5, 0.6) is 0 Å². The summed E-state index contributed by atoms with van der Waals surface area (Å²) in [6.45, 7) is 71.1. The minimum atomic E-state index is 0.711. The maximum atomic E-state index is 3.98. The van der Waals surface area contributed by atoms with Crippen LogP contribution in [0.4, 0.5) is 0 Å². The Morgan fingerprint density at radius 2 is 0.602 bits per heavy atom. The van der Waals surface area contributed by atoms with Crippen LogP contribution in [-0.4, -0.2) is 121 Å². The summed E-state index contributed by atoms with van der Waals surface area (Å²) >= 11 is 0. The van der Waals surface area contributed by atoms with Gasteiger partial charge in [-0.25, -0.2) is 44.9 Å². The maximum absolute atomic E-state index is 3.98. The lowest BCUT2D eigenvalue weighted by Crippen LogP contribution is -1.85. The van der Waals surface area contributed by atoms with Gasteiger partial charge in [0, 0.05) is 111 Å². The molecule has 108 heavy (non-hydrogen) atoms. The second-order valence-corrected chi connectivity index (χ2v) is 16.4. The fourth-order valence-electron chi connectivity index (χ4n) is 4.46. The molecule has 24 nitrogen and oxygen atoms in total. The van der Waals surface area contributed by atoms with Gasteiger partial charge in [-0.1, -0.05) is 178 Å². The number of nitrogens with zero attached hydrogens (tertiary/aromatic N) is 24. The molecule has 0 N–H and O–H groups in total. The van der Waals surface area contributed by atoms with Crippen molar-refractivity contribution >= 4 is 0 Å². The standard InChI is InChI=1S/3C6H7N.6C5H6N2.3C4H5N3.12C2H6/c1-6-2-4-7-5-3-6;1-6-3-2-4-7-5-6;1-6-4-2-3-5-7-6;1-5-2-6-4-7-3-5;1-5-4-6-2-3-7-5;1-5-2-3-6-4-7-5;1-5-2-3-6-7-4-5;1-5-6-3-2-4-7-5;1-5-3-2-4-6-7-5;1-4-2-6-7-3-5-4;1-4-2-5-3-6-7-4;1-4-5-2-3-6-7-4;12*1-2/h3*2-5H,1H3;6*2-4H,1H3;3*2-3H,1H3;12*1-2H3. The van der Waals surface area contributed by atoms with Gasteiger partial charge in [-0.05, 0) is 166 Å². The highest BCUT2D eigenvalue weighted by Gasteiger charge is 1.82. The molecule has 0 radical (unpaired) electrons. The third-order valence-electron chi connectivity index (χ3n) is 8.53. The summed E-state index contributed by atoms with van der Waals surface area (Å²) in [6.07, 6.45) is 40.1. The van der Waals surface area contributed by atoms with Crippen LogP contribution in [0.1, 0.15) is 234 Å². The molecule has 12 aromatic heterocycles. The third kappa shape index (κ3) is 116. The highest BCUT2D eigenvalue weighted by molar-refractivity contribution is 5.06. The van der Waals surface area contributed by atoms with E-state index in [1.165, 1.54) is 36.4 Å². The molecular weight excluding hydrogens is 1350 g/mol. The number of hydrogen-bond acceptors (Lipinski definition) is 24. The maximum Gasteiger partial charge on any atom is 0.147 e. The molecular formula is C84H144N24. The van der Waals surface area contributed by atoms with E-state index in [9.17, 15) is 0 Å². The number of aromatic nitrogens is 24. The molecule has 0 unspecified atom stereocenters. The smallest absolute Gasteiger partial charge is 0.147 e. The molecule has 12 rings (SSSR count). The predicted octanol–water partition coefficient (Wildman–Crippen LogP) is 21.7. The second-order valence-electron chi connectivity index (χ2n) is 16.4. The second kappa shape index (κ2) is 120. The van der Waals surface area contributed by atoms with Crippen LogP contribution in [0.25, 0.3) is 0 Å². The lowest BCUT2D eigenvalue weighted by atomic mass is 10.3. The number of hydrogen-bond donors (Lipinski definition) is 0. The van der Waals surface area contributed by atoms with Gasteiger partial charge in [0.05, 0.1) is 47.6 Å². The van der Waals surface area contributed by atoms with Gasteiger partial charge in [-0.15, -0.1) is 15.3 Å².